The standard InChI is InChI=1S/C8H10N4/c1-9-8(6-11(2)3)12-5-4-10-7-12/h4-7H,2-3H3/b8-6+. The number of hydrogen-bond acceptors (Lipinski definition) is 2. The van der Waals surface area contributed by atoms with Gasteiger partial charge < -0.3 is 9.74 Å². The molecular weight excluding hydrogens is 152 g/mol. The number of imidazole rings is 1. The van der Waals surface area contributed by atoms with Crippen LogP contribution in [0.3, 0.4) is 0 Å². The summed E-state index contributed by atoms with van der Waals surface area (Å²) < 4.78 is 1.67. The Hall–Kier alpha value is -1.76. The van der Waals surface area contributed by atoms with Crippen LogP contribution in [0, 0.1) is 6.57 Å². The topological polar surface area (TPSA) is 25.4 Å². The molecule has 0 aliphatic carbocycles. The van der Waals surface area contributed by atoms with E-state index in [1.165, 1.54) is 0 Å². The van der Waals surface area contributed by atoms with Crippen LogP contribution >= 0.6 is 0 Å². The molecule has 1 rings (SSSR count). The van der Waals surface area contributed by atoms with Gasteiger partial charge in [-0.15, -0.1) is 0 Å². The summed E-state index contributed by atoms with van der Waals surface area (Å²) in [7, 11) is 3.75. The van der Waals surface area contributed by atoms with Gasteiger partial charge in [0.2, 0.25) is 0 Å². The molecule has 0 fully saturated rings. The van der Waals surface area contributed by atoms with E-state index >= 15 is 0 Å². The predicted octanol–water partition coefficient (Wildman–Crippen LogP) is 1.12. The highest BCUT2D eigenvalue weighted by Crippen LogP contribution is 2.04. The van der Waals surface area contributed by atoms with Crippen molar-refractivity contribution in [1.82, 2.24) is 14.5 Å². The second-order valence-electron chi connectivity index (χ2n) is 2.53. The molecule has 62 valence electrons. The molecule has 1 heterocycles. The second kappa shape index (κ2) is 3.58. The Morgan fingerprint density at radius 1 is 1.67 bits per heavy atom. The zero-order valence-electron chi connectivity index (χ0n) is 7.10. The molecule has 1 aromatic rings. The van der Waals surface area contributed by atoms with Gasteiger partial charge in [-0.05, 0) is 0 Å². The molecule has 0 spiro atoms. The zero-order valence-corrected chi connectivity index (χ0v) is 7.10. The molecule has 0 unspecified atom stereocenters. The van der Waals surface area contributed by atoms with Crippen LogP contribution in [0.15, 0.2) is 24.9 Å². The molecule has 0 saturated heterocycles. The molecule has 0 bridgehead atoms. The van der Waals surface area contributed by atoms with Gasteiger partial charge in [-0.25, -0.2) is 4.98 Å². The summed E-state index contributed by atoms with van der Waals surface area (Å²) in [4.78, 5) is 9.05. The fourth-order valence-corrected chi connectivity index (χ4v) is 0.779. The smallest absolute Gasteiger partial charge is 0.251 e. The molecule has 0 aliphatic heterocycles. The molecule has 0 aromatic carbocycles. The molecule has 1 aromatic heterocycles. The van der Waals surface area contributed by atoms with Crippen LogP contribution in [-0.4, -0.2) is 28.5 Å². The monoisotopic (exact) mass is 162 g/mol. The van der Waals surface area contributed by atoms with Gasteiger partial charge in [-0.1, -0.05) is 6.57 Å². The van der Waals surface area contributed by atoms with E-state index in [9.17, 15) is 0 Å². The number of hydrogen-bond donors (Lipinski definition) is 0. The van der Waals surface area contributed by atoms with Crippen molar-refractivity contribution in [2.24, 2.45) is 0 Å². The molecule has 0 radical (unpaired) electrons. The van der Waals surface area contributed by atoms with Crippen molar-refractivity contribution in [3.05, 3.63) is 36.3 Å². The Morgan fingerprint density at radius 3 is 2.83 bits per heavy atom. The molecular formula is C8H10N4. The largest absolute Gasteiger partial charge is 0.392 e. The quantitative estimate of drug-likeness (QED) is 0.609. The van der Waals surface area contributed by atoms with Gasteiger partial charge in [0.25, 0.3) is 5.82 Å². The number of aromatic nitrogens is 2. The van der Waals surface area contributed by atoms with Crippen molar-refractivity contribution in [1.29, 1.82) is 0 Å². The summed E-state index contributed by atoms with van der Waals surface area (Å²) in [6.45, 7) is 6.91. The van der Waals surface area contributed by atoms with Gasteiger partial charge >= 0.3 is 0 Å². The fraction of sp³-hybridized carbons (Fsp3) is 0.250. The third-order valence-electron chi connectivity index (χ3n) is 1.26. The molecule has 4 heteroatoms. The Bertz CT molecular complexity index is 302. The van der Waals surface area contributed by atoms with Gasteiger partial charge in [0, 0.05) is 20.3 Å². The van der Waals surface area contributed by atoms with Crippen molar-refractivity contribution in [3.8, 4) is 0 Å². The maximum atomic E-state index is 6.91. The van der Waals surface area contributed by atoms with Crippen molar-refractivity contribution in [3.63, 3.8) is 0 Å². The van der Waals surface area contributed by atoms with Crippen LogP contribution in [0.5, 0.6) is 0 Å². The first-order valence-corrected chi connectivity index (χ1v) is 3.48. The second-order valence-corrected chi connectivity index (χ2v) is 2.53. The average molecular weight is 162 g/mol. The van der Waals surface area contributed by atoms with Gasteiger partial charge in [0.05, 0.1) is 12.4 Å². The zero-order chi connectivity index (χ0) is 8.97. The lowest BCUT2D eigenvalue weighted by atomic mass is 10.6. The van der Waals surface area contributed by atoms with Gasteiger partial charge in [0.1, 0.15) is 0 Å². The van der Waals surface area contributed by atoms with Crippen LogP contribution in [0.2, 0.25) is 0 Å². The van der Waals surface area contributed by atoms with Gasteiger partial charge in [-0.2, -0.15) is 0 Å². The minimum Gasteiger partial charge on any atom is -0.392 e. The Morgan fingerprint density at radius 2 is 2.42 bits per heavy atom. The maximum absolute atomic E-state index is 6.91. The molecule has 4 nitrogen and oxygen atoms in total. The van der Waals surface area contributed by atoms with Gasteiger partial charge in [0.15, 0.2) is 6.33 Å². The lowest BCUT2D eigenvalue weighted by molar-refractivity contribution is 0.563. The summed E-state index contributed by atoms with van der Waals surface area (Å²) in [5, 5.41) is 0. The summed E-state index contributed by atoms with van der Waals surface area (Å²) >= 11 is 0. The minimum absolute atomic E-state index is 0.539. The summed E-state index contributed by atoms with van der Waals surface area (Å²) in [6, 6.07) is 0. The van der Waals surface area contributed by atoms with Crippen LogP contribution in [-0.2, 0) is 0 Å². The predicted molar refractivity (Wildman–Crippen MR) is 46.8 cm³/mol. The van der Waals surface area contributed by atoms with E-state index in [2.05, 4.69) is 9.83 Å². The maximum Gasteiger partial charge on any atom is 0.251 e. The van der Waals surface area contributed by atoms with Crippen molar-refractivity contribution < 1.29 is 0 Å². The van der Waals surface area contributed by atoms with Gasteiger partial charge in [-0.3, -0.25) is 4.57 Å². The fourth-order valence-electron chi connectivity index (χ4n) is 0.779. The summed E-state index contributed by atoms with van der Waals surface area (Å²) in [6.07, 6.45) is 6.74. The molecule has 12 heavy (non-hydrogen) atoms. The molecule has 0 N–H and O–H groups in total. The highest BCUT2D eigenvalue weighted by molar-refractivity contribution is 5.50. The third kappa shape index (κ3) is 1.86. The lowest BCUT2D eigenvalue weighted by Gasteiger charge is -2.06. The highest BCUT2D eigenvalue weighted by atomic mass is 15.1. The highest BCUT2D eigenvalue weighted by Gasteiger charge is 1.98. The lowest BCUT2D eigenvalue weighted by Crippen LogP contribution is -2.03. The summed E-state index contributed by atoms with van der Waals surface area (Å²) in [5.41, 5.74) is 0. The Kier molecular flexibility index (Phi) is 2.49. The van der Waals surface area contributed by atoms with E-state index in [0.29, 0.717) is 5.82 Å². The van der Waals surface area contributed by atoms with E-state index in [1.54, 1.807) is 29.5 Å². The minimum atomic E-state index is 0.539. The Labute approximate surface area is 71.6 Å². The average Bonchev–Trinajstić information content (AvgIpc) is 2.51. The van der Waals surface area contributed by atoms with E-state index in [1.807, 2.05) is 19.0 Å². The van der Waals surface area contributed by atoms with Crippen molar-refractivity contribution in [2.75, 3.05) is 14.1 Å². The Balaban J connectivity index is 2.93. The van der Waals surface area contributed by atoms with E-state index in [0.717, 1.165) is 0 Å². The SMILES string of the molecule is [C-]#[N+]/C(=C\N(C)C)n1ccnc1. The molecule has 0 atom stereocenters. The van der Waals surface area contributed by atoms with Crippen LogP contribution in [0.1, 0.15) is 0 Å². The van der Waals surface area contributed by atoms with Crippen LogP contribution in [0.25, 0.3) is 10.7 Å². The first-order valence-electron chi connectivity index (χ1n) is 3.48. The number of nitrogens with zero attached hydrogens (tertiary/aromatic N) is 4. The first kappa shape index (κ1) is 8.34. The third-order valence-corrected chi connectivity index (χ3v) is 1.26. The first-order chi connectivity index (χ1) is 5.74. The van der Waals surface area contributed by atoms with Crippen LogP contribution < -0.4 is 0 Å². The van der Waals surface area contributed by atoms with Crippen molar-refractivity contribution >= 4 is 5.82 Å². The molecule has 0 aliphatic rings. The molecule has 0 saturated carbocycles. The van der Waals surface area contributed by atoms with E-state index in [-0.39, 0.29) is 0 Å². The normalized spacial score (nSPS) is 10.9. The van der Waals surface area contributed by atoms with Crippen LogP contribution in [0.4, 0.5) is 0 Å². The number of rotatable bonds is 2. The van der Waals surface area contributed by atoms with E-state index in [4.69, 9.17) is 6.57 Å². The van der Waals surface area contributed by atoms with E-state index < -0.39 is 0 Å². The van der Waals surface area contributed by atoms with Crippen molar-refractivity contribution in [2.45, 2.75) is 0 Å². The summed E-state index contributed by atoms with van der Waals surface area (Å²) in [5.74, 6) is 0.539. The molecule has 0 amide bonds.